The SMILES string of the molecule is CC1(C)O[C@@H]2[C@@H](CO[Si](C)(C)C(C)(C)C)[C@@H](NCc3ccccc3)C[C@H](O[Si](C)(C)C(C)(C)C)[C@H]2O1. The van der Waals surface area contributed by atoms with Crippen molar-refractivity contribution in [3.8, 4) is 0 Å². The lowest BCUT2D eigenvalue weighted by atomic mass is 9.79. The van der Waals surface area contributed by atoms with Crippen LogP contribution in [-0.2, 0) is 24.9 Å². The van der Waals surface area contributed by atoms with Gasteiger partial charge in [-0.15, -0.1) is 0 Å². The zero-order valence-corrected chi connectivity index (χ0v) is 27.0. The van der Waals surface area contributed by atoms with Crippen molar-refractivity contribution in [3.63, 3.8) is 0 Å². The van der Waals surface area contributed by atoms with E-state index >= 15 is 0 Å². The standard InChI is InChI=1S/C29H53NO4Si2/c1-27(2,3)35(9,10)31-20-22-23(30-19-21-16-14-13-15-17-21)18-24(34-36(11,12)28(4,5)6)26-25(22)32-29(7,8)33-26/h13-17,22-26,30H,18-20H2,1-12H3/t22-,23-,24-,25+,26+/m0/s1. The minimum Gasteiger partial charge on any atom is -0.416 e. The Kier molecular flexibility index (Phi) is 8.79. The highest BCUT2D eigenvalue weighted by atomic mass is 28.4. The summed E-state index contributed by atoms with van der Waals surface area (Å²) in [5.41, 5.74) is 1.29. The highest BCUT2D eigenvalue weighted by molar-refractivity contribution is 6.74. The van der Waals surface area contributed by atoms with Crippen LogP contribution in [0.5, 0.6) is 0 Å². The molecule has 5 atom stereocenters. The molecule has 0 amide bonds. The quantitative estimate of drug-likeness (QED) is 0.360. The number of hydrogen-bond donors (Lipinski definition) is 1. The van der Waals surface area contributed by atoms with Crippen molar-refractivity contribution < 1.29 is 18.3 Å². The van der Waals surface area contributed by atoms with Gasteiger partial charge in [-0.2, -0.15) is 0 Å². The monoisotopic (exact) mass is 535 g/mol. The maximum Gasteiger partial charge on any atom is 0.192 e. The predicted molar refractivity (Wildman–Crippen MR) is 154 cm³/mol. The summed E-state index contributed by atoms with van der Waals surface area (Å²) in [5.74, 6) is -0.442. The van der Waals surface area contributed by atoms with E-state index in [1.54, 1.807) is 0 Å². The van der Waals surface area contributed by atoms with Crippen LogP contribution in [0.15, 0.2) is 30.3 Å². The number of rotatable bonds is 8. The first-order valence-electron chi connectivity index (χ1n) is 13.8. The van der Waals surface area contributed by atoms with Crippen LogP contribution in [0.4, 0.5) is 0 Å². The second-order valence-corrected chi connectivity index (χ2v) is 24.0. The van der Waals surface area contributed by atoms with Gasteiger partial charge in [-0.3, -0.25) is 0 Å². The topological polar surface area (TPSA) is 49.0 Å². The Labute approximate surface area is 223 Å². The Morgan fingerprint density at radius 3 is 2.00 bits per heavy atom. The Morgan fingerprint density at radius 2 is 1.44 bits per heavy atom. The molecule has 1 saturated carbocycles. The molecule has 2 aliphatic rings. The summed E-state index contributed by atoms with van der Waals surface area (Å²) < 4.78 is 27.1. The largest absolute Gasteiger partial charge is 0.416 e. The number of nitrogens with one attached hydrogen (secondary N) is 1. The van der Waals surface area contributed by atoms with Gasteiger partial charge in [0.15, 0.2) is 22.4 Å². The average Bonchev–Trinajstić information content (AvgIpc) is 3.06. The fourth-order valence-corrected chi connectivity index (χ4v) is 7.09. The molecular weight excluding hydrogens is 482 g/mol. The van der Waals surface area contributed by atoms with Gasteiger partial charge in [0.1, 0.15) is 6.10 Å². The summed E-state index contributed by atoms with van der Waals surface area (Å²) in [7, 11) is -3.91. The lowest BCUT2D eigenvalue weighted by Gasteiger charge is -2.48. The fourth-order valence-electron chi connectivity index (χ4n) is 4.71. The van der Waals surface area contributed by atoms with Crippen molar-refractivity contribution in [1.29, 1.82) is 0 Å². The molecule has 1 aliphatic carbocycles. The Hall–Kier alpha value is -0.546. The Bertz CT molecular complexity index is 860. The van der Waals surface area contributed by atoms with E-state index in [0.717, 1.165) is 13.0 Å². The predicted octanol–water partition coefficient (Wildman–Crippen LogP) is 7.10. The smallest absolute Gasteiger partial charge is 0.192 e. The van der Waals surface area contributed by atoms with Gasteiger partial charge in [0.25, 0.3) is 0 Å². The molecule has 1 heterocycles. The van der Waals surface area contributed by atoms with Gasteiger partial charge in [-0.05, 0) is 62.1 Å². The molecular formula is C29H53NO4Si2. The molecule has 0 spiro atoms. The van der Waals surface area contributed by atoms with Crippen molar-refractivity contribution in [1.82, 2.24) is 5.32 Å². The van der Waals surface area contributed by atoms with Crippen LogP contribution < -0.4 is 5.32 Å². The van der Waals surface area contributed by atoms with Crippen LogP contribution in [-0.4, -0.2) is 53.4 Å². The van der Waals surface area contributed by atoms with E-state index in [0.29, 0.717) is 6.61 Å². The molecule has 36 heavy (non-hydrogen) atoms. The van der Waals surface area contributed by atoms with Crippen molar-refractivity contribution in [2.24, 2.45) is 5.92 Å². The molecule has 2 fully saturated rings. The minimum atomic E-state index is -2.00. The Morgan fingerprint density at radius 1 is 0.889 bits per heavy atom. The van der Waals surface area contributed by atoms with Crippen LogP contribution in [0.25, 0.3) is 0 Å². The second-order valence-electron chi connectivity index (χ2n) is 14.4. The van der Waals surface area contributed by atoms with Crippen molar-refractivity contribution in [2.75, 3.05) is 6.61 Å². The molecule has 0 aromatic heterocycles. The maximum absolute atomic E-state index is 7.04. The third-order valence-electron chi connectivity index (χ3n) is 9.06. The first-order chi connectivity index (χ1) is 16.3. The van der Waals surface area contributed by atoms with Crippen molar-refractivity contribution >= 4 is 16.6 Å². The highest BCUT2D eigenvalue weighted by Crippen LogP contribution is 2.46. The molecule has 0 bridgehead atoms. The van der Waals surface area contributed by atoms with Gasteiger partial charge >= 0.3 is 0 Å². The van der Waals surface area contributed by atoms with E-state index in [1.165, 1.54) is 5.56 Å². The van der Waals surface area contributed by atoms with Crippen LogP contribution in [0.1, 0.15) is 67.4 Å². The lowest BCUT2D eigenvalue weighted by Crippen LogP contribution is -2.60. The molecule has 1 aromatic rings. The number of fused-ring (bicyclic) bond motifs is 1. The summed E-state index contributed by atoms with van der Waals surface area (Å²) in [4.78, 5) is 0. The van der Waals surface area contributed by atoms with E-state index in [-0.39, 0.29) is 40.3 Å². The van der Waals surface area contributed by atoms with Gasteiger partial charge < -0.3 is 23.6 Å². The van der Waals surface area contributed by atoms with Gasteiger partial charge in [-0.1, -0.05) is 71.9 Å². The van der Waals surface area contributed by atoms with Gasteiger partial charge in [0.2, 0.25) is 0 Å². The molecule has 1 saturated heterocycles. The third kappa shape index (κ3) is 6.90. The van der Waals surface area contributed by atoms with Gasteiger partial charge in [0, 0.05) is 25.1 Å². The molecule has 206 valence electrons. The summed E-state index contributed by atoms with van der Waals surface area (Å²) >= 11 is 0. The van der Waals surface area contributed by atoms with E-state index in [9.17, 15) is 0 Å². The van der Waals surface area contributed by atoms with Crippen LogP contribution in [0.3, 0.4) is 0 Å². The van der Waals surface area contributed by atoms with E-state index in [1.807, 2.05) is 13.8 Å². The zero-order chi connectivity index (χ0) is 27.2. The van der Waals surface area contributed by atoms with Crippen molar-refractivity contribution in [3.05, 3.63) is 35.9 Å². The van der Waals surface area contributed by atoms with E-state index < -0.39 is 22.4 Å². The first kappa shape index (κ1) is 30.0. The summed E-state index contributed by atoms with van der Waals surface area (Å²) in [6, 6.07) is 10.9. The average molecular weight is 536 g/mol. The number of ether oxygens (including phenoxy) is 2. The fraction of sp³-hybridized carbons (Fsp3) is 0.793. The van der Waals surface area contributed by atoms with Gasteiger partial charge in [-0.25, -0.2) is 0 Å². The summed E-state index contributed by atoms with van der Waals surface area (Å²) in [6.07, 6.45) is 0.736. The molecule has 1 aromatic carbocycles. The minimum absolute atomic E-state index is 0.00457. The summed E-state index contributed by atoms with van der Waals surface area (Å²) in [5, 5.41) is 4.19. The molecule has 1 aliphatic heterocycles. The van der Waals surface area contributed by atoms with Crippen LogP contribution in [0.2, 0.25) is 36.3 Å². The third-order valence-corrected chi connectivity index (χ3v) is 18.1. The van der Waals surface area contributed by atoms with Crippen LogP contribution in [0, 0.1) is 5.92 Å². The molecule has 1 N–H and O–H groups in total. The van der Waals surface area contributed by atoms with E-state index in [4.69, 9.17) is 18.3 Å². The summed E-state index contributed by atoms with van der Waals surface area (Å²) in [6.45, 7) is 28.7. The zero-order valence-electron chi connectivity index (χ0n) is 25.0. The van der Waals surface area contributed by atoms with Gasteiger partial charge in [0.05, 0.1) is 12.2 Å². The van der Waals surface area contributed by atoms with Crippen LogP contribution >= 0.6 is 0 Å². The lowest BCUT2D eigenvalue weighted by molar-refractivity contribution is -0.154. The molecule has 0 radical (unpaired) electrons. The van der Waals surface area contributed by atoms with Crippen molar-refractivity contribution in [2.45, 2.75) is 135 Å². The molecule has 0 unspecified atom stereocenters. The number of hydrogen-bond acceptors (Lipinski definition) is 5. The molecule has 7 heteroatoms. The molecule has 3 rings (SSSR count). The Balaban J connectivity index is 1.90. The number of benzene rings is 1. The molecule has 5 nitrogen and oxygen atoms in total. The normalized spacial score (nSPS) is 29.3. The highest BCUT2D eigenvalue weighted by Gasteiger charge is 2.56. The maximum atomic E-state index is 7.04. The second kappa shape index (κ2) is 10.6. The van der Waals surface area contributed by atoms with E-state index in [2.05, 4.69) is 103 Å². The first-order valence-corrected chi connectivity index (χ1v) is 19.6.